The molecule has 0 bridgehead atoms. The molecule has 1 saturated heterocycles. The van der Waals surface area contributed by atoms with Gasteiger partial charge < -0.3 is 4.52 Å². The van der Waals surface area contributed by atoms with Gasteiger partial charge in [0.2, 0.25) is 15.9 Å². The smallest absolute Gasteiger partial charge is 0.232 e. The Balaban J connectivity index is 2.00. The van der Waals surface area contributed by atoms with Gasteiger partial charge in [0.05, 0.1) is 12.8 Å². The molecule has 1 aliphatic heterocycles. The Kier molecular flexibility index (Phi) is 5.24. The predicted molar refractivity (Wildman–Crippen MR) is 83.9 cm³/mol. The Labute approximate surface area is 132 Å². The lowest BCUT2D eigenvalue weighted by Crippen LogP contribution is -2.46. The molecule has 126 valence electrons. The summed E-state index contributed by atoms with van der Waals surface area (Å²) in [6, 6.07) is 0.181. The van der Waals surface area contributed by atoms with Gasteiger partial charge in [-0.3, -0.25) is 4.90 Å². The number of hydrogen-bond donors (Lipinski definition) is 1. The van der Waals surface area contributed by atoms with Gasteiger partial charge in [-0.25, -0.2) is 13.1 Å². The van der Waals surface area contributed by atoms with Crippen LogP contribution in [0, 0.1) is 0 Å². The summed E-state index contributed by atoms with van der Waals surface area (Å²) in [7, 11) is -3.16. The van der Waals surface area contributed by atoms with Crippen LogP contribution in [0.1, 0.15) is 51.7 Å². The fraction of sp³-hybridized carbons (Fsp3) is 0.857. The molecule has 8 heteroatoms. The summed E-state index contributed by atoms with van der Waals surface area (Å²) in [4.78, 5) is 6.70. The maximum absolute atomic E-state index is 11.3. The standard InChI is InChI=1S/C14H26N4O3S/c1-14(2,3)13-16-12(17-21-13)10-18-8-6-5-7-11(18)9-15-22(4,19)20/h11,15H,5-10H2,1-4H3/t11-/m0/s1. The van der Waals surface area contributed by atoms with Crippen molar-refractivity contribution < 1.29 is 12.9 Å². The van der Waals surface area contributed by atoms with E-state index >= 15 is 0 Å². The van der Waals surface area contributed by atoms with Crippen LogP contribution < -0.4 is 4.72 Å². The lowest BCUT2D eigenvalue weighted by Gasteiger charge is -2.34. The minimum absolute atomic E-state index is 0.162. The average molecular weight is 330 g/mol. The Morgan fingerprint density at radius 3 is 2.68 bits per heavy atom. The van der Waals surface area contributed by atoms with E-state index in [1.165, 1.54) is 6.26 Å². The third kappa shape index (κ3) is 5.03. The van der Waals surface area contributed by atoms with Gasteiger partial charge in [-0.15, -0.1) is 0 Å². The molecule has 0 spiro atoms. The average Bonchev–Trinajstić information content (AvgIpc) is 2.85. The normalized spacial score (nSPS) is 21.2. The van der Waals surface area contributed by atoms with Crippen LogP contribution >= 0.6 is 0 Å². The van der Waals surface area contributed by atoms with Crippen molar-refractivity contribution in [1.29, 1.82) is 0 Å². The molecular weight excluding hydrogens is 304 g/mol. The highest BCUT2D eigenvalue weighted by atomic mass is 32.2. The van der Waals surface area contributed by atoms with Crippen molar-refractivity contribution in [3.8, 4) is 0 Å². The van der Waals surface area contributed by atoms with Crippen molar-refractivity contribution in [2.45, 2.75) is 58.0 Å². The first-order valence-corrected chi connectivity index (χ1v) is 9.56. The first-order valence-electron chi connectivity index (χ1n) is 7.67. The molecule has 0 radical (unpaired) electrons. The molecule has 1 aromatic rings. The summed E-state index contributed by atoms with van der Waals surface area (Å²) >= 11 is 0. The van der Waals surface area contributed by atoms with E-state index in [0.717, 1.165) is 25.8 Å². The lowest BCUT2D eigenvalue weighted by atomic mass is 9.97. The Morgan fingerprint density at radius 1 is 1.36 bits per heavy atom. The molecule has 1 N–H and O–H groups in total. The Morgan fingerprint density at radius 2 is 2.09 bits per heavy atom. The first-order chi connectivity index (χ1) is 10.1. The zero-order chi connectivity index (χ0) is 16.4. The number of aromatic nitrogens is 2. The van der Waals surface area contributed by atoms with Crippen molar-refractivity contribution in [2.75, 3.05) is 19.3 Å². The quantitative estimate of drug-likeness (QED) is 0.875. The fourth-order valence-electron chi connectivity index (χ4n) is 2.55. The zero-order valence-electron chi connectivity index (χ0n) is 13.8. The van der Waals surface area contributed by atoms with Crippen LogP contribution in [0.3, 0.4) is 0 Å². The molecule has 1 atom stereocenters. The number of hydrogen-bond acceptors (Lipinski definition) is 6. The molecular formula is C14H26N4O3S. The largest absolute Gasteiger partial charge is 0.339 e. The highest BCUT2D eigenvalue weighted by molar-refractivity contribution is 7.88. The monoisotopic (exact) mass is 330 g/mol. The van der Waals surface area contributed by atoms with Crippen LogP contribution in [0.15, 0.2) is 4.52 Å². The Hall–Kier alpha value is -0.990. The molecule has 0 aliphatic carbocycles. The molecule has 0 aromatic carbocycles. The predicted octanol–water partition coefficient (Wildman–Crippen LogP) is 1.27. The van der Waals surface area contributed by atoms with Crippen LogP contribution in [0.2, 0.25) is 0 Å². The fourth-order valence-corrected chi connectivity index (χ4v) is 3.05. The first kappa shape index (κ1) is 17.4. The van der Waals surface area contributed by atoms with Crippen molar-refractivity contribution >= 4 is 10.0 Å². The molecule has 0 saturated carbocycles. The van der Waals surface area contributed by atoms with Crippen molar-refractivity contribution in [2.24, 2.45) is 0 Å². The zero-order valence-corrected chi connectivity index (χ0v) is 14.6. The highest BCUT2D eigenvalue weighted by Gasteiger charge is 2.26. The van der Waals surface area contributed by atoms with Crippen molar-refractivity contribution in [1.82, 2.24) is 19.8 Å². The highest BCUT2D eigenvalue weighted by Crippen LogP contribution is 2.22. The van der Waals surface area contributed by atoms with Gasteiger partial charge in [0.15, 0.2) is 5.82 Å². The topological polar surface area (TPSA) is 88.3 Å². The minimum atomic E-state index is -3.16. The molecule has 2 heterocycles. The van der Waals surface area contributed by atoms with Crippen LogP contribution in [0.25, 0.3) is 0 Å². The second-order valence-corrected chi connectivity index (χ2v) is 8.84. The number of nitrogens with one attached hydrogen (secondary N) is 1. The van der Waals surface area contributed by atoms with E-state index in [1.54, 1.807) is 0 Å². The summed E-state index contributed by atoms with van der Waals surface area (Å²) in [6.45, 7) is 8.05. The van der Waals surface area contributed by atoms with Crippen molar-refractivity contribution in [3.63, 3.8) is 0 Å². The van der Waals surface area contributed by atoms with Crippen LogP contribution in [-0.4, -0.2) is 48.8 Å². The maximum Gasteiger partial charge on any atom is 0.232 e. The molecule has 22 heavy (non-hydrogen) atoms. The molecule has 1 aliphatic rings. The van der Waals surface area contributed by atoms with Crippen molar-refractivity contribution in [3.05, 3.63) is 11.7 Å². The van der Waals surface area contributed by atoms with Gasteiger partial charge in [-0.2, -0.15) is 4.98 Å². The Bertz CT molecular complexity index is 591. The van der Waals surface area contributed by atoms with E-state index in [4.69, 9.17) is 4.52 Å². The third-order valence-electron chi connectivity index (χ3n) is 3.78. The molecule has 1 aromatic heterocycles. The number of likely N-dealkylation sites (tertiary alicyclic amines) is 1. The SMILES string of the molecule is CC(C)(C)c1nc(CN2CCCC[C@H]2CNS(C)(=O)=O)no1. The number of piperidine rings is 1. The van der Waals surface area contributed by atoms with E-state index in [2.05, 4.69) is 19.8 Å². The summed E-state index contributed by atoms with van der Waals surface area (Å²) in [5.41, 5.74) is -0.162. The molecule has 0 amide bonds. The van der Waals surface area contributed by atoms with Gasteiger partial charge in [0, 0.05) is 18.0 Å². The lowest BCUT2D eigenvalue weighted by molar-refractivity contribution is 0.137. The van der Waals surface area contributed by atoms with Gasteiger partial charge in [-0.05, 0) is 19.4 Å². The second kappa shape index (κ2) is 6.64. The minimum Gasteiger partial charge on any atom is -0.339 e. The summed E-state index contributed by atoms with van der Waals surface area (Å²) in [5.74, 6) is 1.29. The van der Waals surface area contributed by atoms with Gasteiger partial charge >= 0.3 is 0 Å². The summed E-state index contributed by atoms with van der Waals surface area (Å²) in [6.07, 6.45) is 4.40. The molecule has 7 nitrogen and oxygen atoms in total. The van der Waals surface area contributed by atoms with Gasteiger partial charge in [0.25, 0.3) is 0 Å². The number of sulfonamides is 1. The van der Waals surface area contributed by atoms with E-state index in [1.807, 2.05) is 20.8 Å². The van der Waals surface area contributed by atoms with E-state index in [0.29, 0.717) is 24.8 Å². The summed E-state index contributed by atoms with van der Waals surface area (Å²) in [5, 5.41) is 4.05. The number of nitrogens with zero attached hydrogens (tertiary/aromatic N) is 3. The van der Waals surface area contributed by atoms with Crippen LogP contribution in [-0.2, 0) is 22.0 Å². The van der Waals surface area contributed by atoms with E-state index in [-0.39, 0.29) is 11.5 Å². The molecule has 0 unspecified atom stereocenters. The van der Waals surface area contributed by atoms with E-state index in [9.17, 15) is 8.42 Å². The molecule has 1 fully saturated rings. The number of rotatable bonds is 5. The third-order valence-corrected chi connectivity index (χ3v) is 4.48. The second-order valence-electron chi connectivity index (χ2n) is 7.01. The van der Waals surface area contributed by atoms with Crippen LogP contribution in [0.5, 0.6) is 0 Å². The van der Waals surface area contributed by atoms with Gasteiger partial charge in [-0.1, -0.05) is 32.3 Å². The van der Waals surface area contributed by atoms with E-state index < -0.39 is 10.0 Å². The maximum atomic E-state index is 11.3. The summed E-state index contributed by atoms with van der Waals surface area (Å²) < 4.78 is 30.5. The molecule has 2 rings (SSSR count). The van der Waals surface area contributed by atoms with Crippen LogP contribution in [0.4, 0.5) is 0 Å². The van der Waals surface area contributed by atoms with Gasteiger partial charge in [0.1, 0.15) is 0 Å².